The number of hydrogen-bond donors (Lipinski definition) is 1. The molecule has 0 aromatic heterocycles. The summed E-state index contributed by atoms with van der Waals surface area (Å²) in [4.78, 5) is 25.8. The van der Waals surface area contributed by atoms with Gasteiger partial charge >= 0.3 is 6.61 Å². The summed E-state index contributed by atoms with van der Waals surface area (Å²) in [7, 11) is 2.67. The standard InChI is InChI=1S/C18H16Cl2F2N2O4/c1-24(9-15(25)23-16-11(19)4-3-5-12(16)20)17(26)10-6-7-13(27-2)14(8-10)28-18(21)22/h3-8,18H,9H2,1-2H3,(H,23,25). The first-order valence-electron chi connectivity index (χ1n) is 7.85. The van der Waals surface area contributed by atoms with Crippen molar-refractivity contribution >= 4 is 40.7 Å². The molecule has 10 heteroatoms. The zero-order valence-corrected chi connectivity index (χ0v) is 16.4. The van der Waals surface area contributed by atoms with Crippen LogP contribution in [0.25, 0.3) is 0 Å². The van der Waals surface area contributed by atoms with Gasteiger partial charge in [-0.25, -0.2) is 0 Å². The Morgan fingerprint density at radius 1 is 1.14 bits per heavy atom. The number of halogens is 4. The second-order valence-electron chi connectivity index (χ2n) is 5.55. The van der Waals surface area contributed by atoms with Crippen molar-refractivity contribution in [2.24, 2.45) is 0 Å². The predicted molar refractivity (Wildman–Crippen MR) is 102 cm³/mol. The van der Waals surface area contributed by atoms with Crippen LogP contribution in [-0.4, -0.2) is 44.0 Å². The van der Waals surface area contributed by atoms with Crippen LogP contribution in [0.15, 0.2) is 36.4 Å². The molecule has 28 heavy (non-hydrogen) atoms. The normalized spacial score (nSPS) is 10.5. The third kappa shape index (κ3) is 5.46. The maximum Gasteiger partial charge on any atom is 0.387 e. The van der Waals surface area contributed by atoms with Crippen molar-refractivity contribution in [3.63, 3.8) is 0 Å². The van der Waals surface area contributed by atoms with Gasteiger partial charge in [0.1, 0.15) is 0 Å². The van der Waals surface area contributed by atoms with Gasteiger partial charge in [-0.3, -0.25) is 9.59 Å². The second-order valence-corrected chi connectivity index (χ2v) is 6.36. The van der Waals surface area contributed by atoms with E-state index in [1.54, 1.807) is 18.2 Å². The quantitative estimate of drug-likeness (QED) is 0.707. The molecule has 0 radical (unpaired) electrons. The molecule has 0 aliphatic rings. The lowest BCUT2D eigenvalue weighted by Gasteiger charge is -2.18. The van der Waals surface area contributed by atoms with Crippen LogP contribution in [0.4, 0.5) is 14.5 Å². The van der Waals surface area contributed by atoms with Crippen molar-refractivity contribution in [2.45, 2.75) is 6.61 Å². The number of methoxy groups -OCH3 is 1. The molecular weight excluding hydrogens is 417 g/mol. The summed E-state index contributed by atoms with van der Waals surface area (Å²) in [6.07, 6.45) is 0. The van der Waals surface area contributed by atoms with E-state index in [1.807, 2.05) is 0 Å². The summed E-state index contributed by atoms with van der Waals surface area (Å²) in [6.45, 7) is -3.40. The molecule has 0 spiro atoms. The Labute approximate surface area is 169 Å². The zero-order chi connectivity index (χ0) is 20.8. The molecule has 0 saturated heterocycles. The summed E-state index contributed by atoms with van der Waals surface area (Å²) in [5, 5.41) is 3.03. The number of alkyl halides is 2. The Kier molecular flexibility index (Phi) is 7.42. The van der Waals surface area contributed by atoms with Gasteiger partial charge in [-0.15, -0.1) is 0 Å². The van der Waals surface area contributed by atoms with Gasteiger partial charge in [0.2, 0.25) is 5.91 Å². The summed E-state index contributed by atoms with van der Waals surface area (Å²) in [5.41, 5.74) is 0.274. The Bertz CT molecular complexity index is 860. The van der Waals surface area contributed by atoms with Crippen LogP contribution in [0.2, 0.25) is 10.0 Å². The van der Waals surface area contributed by atoms with Crippen molar-refractivity contribution in [3.8, 4) is 11.5 Å². The van der Waals surface area contributed by atoms with Crippen LogP contribution in [0, 0.1) is 0 Å². The summed E-state index contributed by atoms with van der Waals surface area (Å²) < 4.78 is 34.3. The van der Waals surface area contributed by atoms with Crippen molar-refractivity contribution < 1.29 is 27.8 Å². The van der Waals surface area contributed by atoms with E-state index >= 15 is 0 Å². The Morgan fingerprint density at radius 3 is 2.36 bits per heavy atom. The lowest BCUT2D eigenvalue weighted by atomic mass is 10.1. The second kappa shape index (κ2) is 9.57. The fourth-order valence-electron chi connectivity index (χ4n) is 2.30. The summed E-state index contributed by atoms with van der Waals surface area (Å²) >= 11 is 12.0. The van der Waals surface area contributed by atoms with Gasteiger partial charge in [0.05, 0.1) is 29.4 Å². The number of carbonyl (C=O) groups excluding carboxylic acids is 2. The number of anilines is 1. The van der Waals surface area contributed by atoms with E-state index in [0.717, 1.165) is 11.0 Å². The highest BCUT2D eigenvalue weighted by atomic mass is 35.5. The van der Waals surface area contributed by atoms with Gasteiger partial charge in [0, 0.05) is 12.6 Å². The van der Waals surface area contributed by atoms with Crippen LogP contribution in [0.5, 0.6) is 11.5 Å². The molecule has 0 saturated carbocycles. The van der Waals surface area contributed by atoms with E-state index in [1.165, 1.54) is 26.3 Å². The first-order valence-corrected chi connectivity index (χ1v) is 8.60. The summed E-state index contributed by atoms with van der Waals surface area (Å²) in [6, 6.07) is 8.55. The van der Waals surface area contributed by atoms with E-state index in [2.05, 4.69) is 10.1 Å². The molecule has 0 unspecified atom stereocenters. The number of rotatable bonds is 7. The highest BCUT2D eigenvalue weighted by Crippen LogP contribution is 2.31. The molecule has 0 fully saturated rings. The Balaban J connectivity index is 2.10. The van der Waals surface area contributed by atoms with Gasteiger partial charge < -0.3 is 19.7 Å². The fraction of sp³-hybridized carbons (Fsp3) is 0.222. The summed E-state index contributed by atoms with van der Waals surface area (Å²) in [5.74, 6) is -1.36. The Morgan fingerprint density at radius 2 is 1.79 bits per heavy atom. The van der Waals surface area contributed by atoms with Gasteiger partial charge in [0.15, 0.2) is 11.5 Å². The van der Waals surface area contributed by atoms with Crippen LogP contribution in [-0.2, 0) is 4.79 Å². The molecule has 2 aromatic rings. The molecular formula is C18H16Cl2F2N2O4. The number of amides is 2. The third-order valence-electron chi connectivity index (χ3n) is 3.58. The number of benzene rings is 2. The fourth-order valence-corrected chi connectivity index (χ4v) is 2.79. The SMILES string of the molecule is COc1ccc(C(=O)N(C)CC(=O)Nc2c(Cl)cccc2Cl)cc1OC(F)F. The average molecular weight is 433 g/mol. The first-order chi connectivity index (χ1) is 13.2. The predicted octanol–water partition coefficient (Wildman–Crippen LogP) is 4.31. The molecule has 0 aliphatic heterocycles. The Hall–Kier alpha value is -2.58. The first kappa shape index (κ1) is 21.7. The molecule has 2 amide bonds. The lowest BCUT2D eigenvalue weighted by molar-refractivity contribution is -0.116. The van der Waals surface area contributed by atoms with Crippen LogP contribution >= 0.6 is 23.2 Å². The number of nitrogens with zero attached hydrogens (tertiary/aromatic N) is 1. The molecule has 0 bridgehead atoms. The minimum Gasteiger partial charge on any atom is -0.493 e. The van der Waals surface area contributed by atoms with Gasteiger partial charge in [-0.05, 0) is 30.3 Å². The van der Waals surface area contributed by atoms with Crippen molar-refractivity contribution in [2.75, 3.05) is 26.0 Å². The minimum absolute atomic E-state index is 0.0440. The van der Waals surface area contributed by atoms with Gasteiger partial charge in [-0.2, -0.15) is 8.78 Å². The molecule has 0 atom stereocenters. The molecule has 6 nitrogen and oxygen atoms in total. The number of nitrogens with one attached hydrogen (secondary N) is 1. The highest BCUT2D eigenvalue weighted by molar-refractivity contribution is 6.39. The van der Waals surface area contributed by atoms with E-state index in [4.69, 9.17) is 27.9 Å². The van der Waals surface area contributed by atoms with E-state index in [-0.39, 0.29) is 39.3 Å². The van der Waals surface area contributed by atoms with E-state index in [9.17, 15) is 18.4 Å². The number of para-hydroxylation sites is 1. The molecule has 1 N–H and O–H groups in total. The van der Waals surface area contributed by atoms with E-state index in [0.29, 0.717) is 0 Å². The van der Waals surface area contributed by atoms with Crippen molar-refractivity contribution in [1.29, 1.82) is 0 Å². The van der Waals surface area contributed by atoms with Crippen LogP contribution in [0.1, 0.15) is 10.4 Å². The number of hydrogen-bond acceptors (Lipinski definition) is 4. The number of carbonyl (C=O) groups is 2. The van der Waals surface area contributed by atoms with Crippen molar-refractivity contribution in [3.05, 3.63) is 52.0 Å². The molecule has 2 rings (SSSR count). The monoisotopic (exact) mass is 432 g/mol. The van der Waals surface area contributed by atoms with Gasteiger partial charge in [0.25, 0.3) is 5.91 Å². The molecule has 0 aliphatic carbocycles. The van der Waals surface area contributed by atoms with Gasteiger partial charge in [-0.1, -0.05) is 29.3 Å². The lowest BCUT2D eigenvalue weighted by Crippen LogP contribution is -2.35. The largest absolute Gasteiger partial charge is 0.493 e. The maximum atomic E-state index is 12.5. The zero-order valence-electron chi connectivity index (χ0n) is 14.8. The van der Waals surface area contributed by atoms with Crippen LogP contribution < -0.4 is 14.8 Å². The molecule has 150 valence electrons. The van der Waals surface area contributed by atoms with Crippen LogP contribution in [0.3, 0.4) is 0 Å². The average Bonchev–Trinajstić information content (AvgIpc) is 2.63. The molecule has 0 heterocycles. The number of ether oxygens (including phenoxy) is 2. The maximum absolute atomic E-state index is 12.5. The molecule has 2 aromatic carbocycles. The smallest absolute Gasteiger partial charge is 0.387 e. The minimum atomic E-state index is -3.08. The topological polar surface area (TPSA) is 67.9 Å². The third-order valence-corrected chi connectivity index (χ3v) is 4.21. The highest BCUT2D eigenvalue weighted by Gasteiger charge is 2.19. The van der Waals surface area contributed by atoms with Crippen molar-refractivity contribution in [1.82, 2.24) is 4.90 Å². The van der Waals surface area contributed by atoms with E-state index < -0.39 is 18.4 Å². The number of likely N-dealkylation sites (N-methyl/N-ethyl adjacent to an activating group) is 1.